The lowest BCUT2D eigenvalue weighted by Gasteiger charge is -2.21. The van der Waals surface area contributed by atoms with Gasteiger partial charge >= 0.3 is 0 Å². The molecule has 9 heteroatoms. The molecule has 0 spiro atoms. The third-order valence-electron chi connectivity index (χ3n) is 5.43. The predicted molar refractivity (Wildman–Crippen MR) is 118 cm³/mol. The molecule has 3 heterocycles. The maximum atomic E-state index is 13.4. The largest absolute Gasteiger partial charge is 0.365 e. The van der Waals surface area contributed by atoms with E-state index in [1.165, 1.54) is 12.1 Å². The second kappa shape index (κ2) is 11.1. The number of likely N-dealkylation sites (tertiary alicyclic amines) is 1. The van der Waals surface area contributed by atoms with Crippen molar-refractivity contribution >= 4 is 17.8 Å². The Morgan fingerprint density at radius 3 is 3.00 bits per heavy atom. The first-order chi connectivity index (χ1) is 15.6. The van der Waals surface area contributed by atoms with E-state index in [9.17, 15) is 9.18 Å². The third kappa shape index (κ3) is 6.81. The minimum absolute atomic E-state index is 0.205. The number of hydroxylamine groups is 1. The summed E-state index contributed by atoms with van der Waals surface area (Å²) in [5.74, 6) is 0.0959. The van der Waals surface area contributed by atoms with Gasteiger partial charge in [0.1, 0.15) is 11.6 Å². The molecule has 0 aliphatic carbocycles. The standard InChI is InChI=1S/C23H28FN5O3/c24-18-5-3-4-17(12-18)15-29-10-9-20(16-29)27-21-14-25-19(13-26-21)7-8-22(30)28-32-23-6-1-2-11-31-23/h3-5,7-8,12-14,20,23H,1-2,6,9-11,15-16H2,(H,26,27)(H,28,30)/b8-7+/t20-,23?/m1/s1. The Morgan fingerprint density at radius 1 is 1.28 bits per heavy atom. The lowest BCUT2D eigenvalue weighted by molar-refractivity contribution is -0.198. The van der Waals surface area contributed by atoms with Crippen molar-refractivity contribution in [1.82, 2.24) is 20.3 Å². The van der Waals surface area contributed by atoms with E-state index < -0.39 is 0 Å². The molecule has 2 atom stereocenters. The molecule has 1 aromatic heterocycles. The first-order valence-corrected chi connectivity index (χ1v) is 10.9. The van der Waals surface area contributed by atoms with E-state index in [2.05, 4.69) is 25.7 Å². The van der Waals surface area contributed by atoms with Gasteiger partial charge in [-0.25, -0.2) is 19.7 Å². The van der Waals surface area contributed by atoms with Crippen LogP contribution in [0.3, 0.4) is 0 Å². The molecule has 0 radical (unpaired) electrons. The van der Waals surface area contributed by atoms with Crippen LogP contribution in [0.1, 0.15) is 36.9 Å². The molecule has 2 aliphatic rings. The van der Waals surface area contributed by atoms with E-state index >= 15 is 0 Å². The first-order valence-electron chi connectivity index (χ1n) is 10.9. The number of ether oxygens (including phenoxy) is 1. The molecule has 170 valence electrons. The highest BCUT2D eigenvalue weighted by Gasteiger charge is 2.22. The van der Waals surface area contributed by atoms with Gasteiger partial charge in [0.15, 0.2) is 6.29 Å². The van der Waals surface area contributed by atoms with Gasteiger partial charge in [-0.05, 0) is 43.0 Å². The van der Waals surface area contributed by atoms with Crippen LogP contribution in [0.5, 0.6) is 0 Å². The zero-order chi connectivity index (χ0) is 22.2. The zero-order valence-electron chi connectivity index (χ0n) is 17.9. The number of benzene rings is 1. The number of nitrogens with zero attached hydrogens (tertiary/aromatic N) is 3. The molecule has 4 rings (SSSR count). The van der Waals surface area contributed by atoms with Crippen LogP contribution < -0.4 is 10.8 Å². The van der Waals surface area contributed by atoms with E-state index in [-0.39, 0.29) is 24.1 Å². The Kier molecular flexibility index (Phi) is 7.76. The van der Waals surface area contributed by atoms with Gasteiger partial charge in [-0.3, -0.25) is 14.7 Å². The number of amides is 1. The summed E-state index contributed by atoms with van der Waals surface area (Å²) in [5.41, 5.74) is 3.91. The van der Waals surface area contributed by atoms with Crippen LogP contribution >= 0.6 is 0 Å². The molecule has 2 aliphatic heterocycles. The zero-order valence-corrected chi connectivity index (χ0v) is 17.9. The molecule has 2 saturated heterocycles. The van der Waals surface area contributed by atoms with Crippen molar-refractivity contribution in [2.45, 2.75) is 44.6 Å². The van der Waals surface area contributed by atoms with Gasteiger partial charge in [0.25, 0.3) is 5.91 Å². The van der Waals surface area contributed by atoms with Gasteiger partial charge in [0.2, 0.25) is 0 Å². The molecule has 0 bridgehead atoms. The van der Waals surface area contributed by atoms with Crippen molar-refractivity contribution in [3.63, 3.8) is 0 Å². The molecule has 1 amide bonds. The number of hydrogen-bond donors (Lipinski definition) is 2. The Balaban J connectivity index is 1.20. The lowest BCUT2D eigenvalue weighted by Crippen LogP contribution is -2.32. The average molecular weight is 442 g/mol. The van der Waals surface area contributed by atoms with E-state index in [0.29, 0.717) is 18.1 Å². The van der Waals surface area contributed by atoms with E-state index in [4.69, 9.17) is 9.57 Å². The molecule has 1 aromatic carbocycles. The number of hydrogen-bond acceptors (Lipinski definition) is 7. The highest BCUT2D eigenvalue weighted by atomic mass is 19.1. The monoisotopic (exact) mass is 441 g/mol. The second-order valence-electron chi connectivity index (χ2n) is 8.04. The van der Waals surface area contributed by atoms with Gasteiger partial charge in [0, 0.05) is 44.8 Å². The molecule has 0 saturated carbocycles. The highest BCUT2D eigenvalue weighted by molar-refractivity contribution is 5.90. The fraction of sp³-hybridized carbons (Fsp3) is 0.435. The van der Waals surface area contributed by atoms with Gasteiger partial charge in [-0.15, -0.1) is 0 Å². The van der Waals surface area contributed by atoms with Crippen LogP contribution in [-0.2, 0) is 20.9 Å². The van der Waals surface area contributed by atoms with Gasteiger partial charge in [-0.1, -0.05) is 12.1 Å². The van der Waals surface area contributed by atoms with Crippen molar-refractivity contribution in [3.8, 4) is 0 Å². The van der Waals surface area contributed by atoms with Crippen LogP contribution in [0.2, 0.25) is 0 Å². The van der Waals surface area contributed by atoms with Crippen LogP contribution in [0.25, 0.3) is 6.08 Å². The molecular formula is C23H28FN5O3. The summed E-state index contributed by atoms with van der Waals surface area (Å²) in [6.07, 6.45) is 9.59. The number of halogens is 1. The Hall–Kier alpha value is -2.88. The molecule has 2 aromatic rings. The maximum absolute atomic E-state index is 13.4. The summed E-state index contributed by atoms with van der Waals surface area (Å²) in [6, 6.07) is 6.97. The highest BCUT2D eigenvalue weighted by Crippen LogP contribution is 2.17. The summed E-state index contributed by atoms with van der Waals surface area (Å²) in [4.78, 5) is 28.1. The number of rotatable bonds is 8. The smallest absolute Gasteiger partial charge is 0.267 e. The number of aromatic nitrogens is 2. The fourth-order valence-electron chi connectivity index (χ4n) is 3.82. The number of carbonyl (C=O) groups is 1. The van der Waals surface area contributed by atoms with Crippen LogP contribution in [0, 0.1) is 5.82 Å². The summed E-state index contributed by atoms with van der Waals surface area (Å²) in [6.45, 7) is 3.17. The summed E-state index contributed by atoms with van der Waals surface area (Å²) in [5, 5.41) is 3.39. The van der Waals surface area contributed by atoms with Crippen molar-refractivity contribution in [2.75, 3.05) is 25.0 Å². The lowest BCUT2D eigenvalue weighted by atomic mass is 10.2. The summed E-state index contributed by atoms with van der Waals surface area (Å²) in [7, 11) is 0. The quantitative estimate of drug-likeness (QED) is 0.481. The normalized spacial score (nSPS) is 21.7. The van der Waals surface area contributed by atoms with E-state index in [1.807, 2.05) is 6.07 Å². The average Bonchev–Trinajstić information content (AvgIpc) is 3.24. The molecule has 2 N–H and O–H groups in total. The van der Waals surface area contributed by atoms with Gasteiger partial charge in [0.05, 0.1) is 18.1 Å². The van der Waals surface area contributed by atoms with E-state index in [0.717, 1.165) is 50.9 Å². The number of nitrogens with one attached hydrogen (secondary N) is 2. The molecule has 2 fully saturated rings. The molecular weight excluding hydrogens is 413 g/mol. The van der Waals surface area contributed by atoms with Gasteiger partial charge < -0.3 is 10.1 Å². The Morgan fingerprint density at radius 2 is 2.22 bits per heavy atom. The van der Waals surface area contributed by atoms with E-state index in [1.54, 1.807) is 30.6 Å². The van der Waals surface area contributed by atoms with Crippen LogP contribution in [-0.4, -0.2) is 52.8 Å². The second-order valence-corrected chi connectivity index (χ2v) is 8.04. The molecule has 8 nitrogen and oxygen atoms in total. The van der Waals surface area contributed by atoms with Crippen molar-refractivity contribution in [2.24, 2.45) is 0 Å². The fourth-order valence-corrected chi connectivity index (χ4v) is 3.82. The summed E-state index contributed by atoms with van der Waals surface area (Å²) >= 11 is 0. The summed E-state index contributed by atoms with van der Waals surface area (Å²) < 4.78 is 18.8. The predicted octanol–water partition coefficient (Wildman–Crippen LogP) is 2.89. The topological polar surface area (TPSA) is 88.6 Å². The Labute approximate surface area is 186 Å². The van der Waals surface area contributed by atoms with Crippen molar-refractivity contribution in [1.29, 1.82) is 0 Å². The number of carbonyl (C=O) groups excluding carboxylic acids is 1. The minimum atomic E-state index is -0.383. The SMILES string of the molecule is O=C(/C=C/c1cnc(N[C@@H]2CCN(Cc3cccc(F)c3)C2)cn1)NOC1CCCCO1. The van der Waals surface area contributed by atoms with Crippen molar-refractivity contribution < 1.29 is 18.8 Å². The van der Waals surface area contributed by atoms with Crippen molar-refractivity contribution in [3.05, 3.63) is 59.8 Å². The Bertz CT molecular complexity index is 918. The van der Waals surface area contributed by atoms with Crippen LogP contribution in [0.15, 0.2) is 42.7 Å². The van der Waals surface area contributed by atoms with Gasteiger partial charge in [-0.2, -0.15) is 0 Å². The third-order valence-corrected chi connectivity index (χ3v) is 5.43. The maximum Gasteiger partial charge on any atom is 0.267 e. The molecule has 32 heavy (non-hydrogen) atoms. The molecule has 1 unspecified atom stereocenters. The van der Waals surface area contributed by atoms with Crippen LogP contribution in [0.4, 0.5) is 10.2 Å². The minimum Gasteiger partial charge on any atom is -0.365 e. The number of anilines is 1. The first kappa shape index (κ1) is 22.3.